The number of Topliss-reactive ketones (excluding diaryl/α,β-unsaturated/α-hetero) is 1. The largest absolute Gasteiger partial charge is 0.427 e. The highest BCUT2D eigenvalue weighted by Gasteiger charge is 2.11. The number of hydrogen-bond donors (Lipinski definition) is 1. The molecule has 0 aromatic heterocycles. The lowest BCUT2D eigenvalue weighted by molar-refractivity contribution is -0.131. The fourth-order valence-corrected chi connectivity index (χ4v) is 2.08. The normalized spacial score (nSPS) is 10.0. The fraction of sp³-hybridized carbons (Fsp3) is 0.118. The Morgan fingerprint density at radius 2 is 1.74 bits per heavy atom. The van der Waals surface area contributed by atoms with Crippen LogP contribution in [-0.2, 0) is 4.79 Å². The van der Waals surface area contributed by atoms with E-state index in [0.717, 1.165) is 0 Å². The second-order valence-electron chi connectivity index (χ2n) is 4.74. The number of ether oxygens (including phenoxy) is 1. The van der Waals surface area contributed by atoms with Crippen molar-refractivity contribution >= 4 is 29.3 Å². The van der Waals surface area contributed by atoms with Crippen LogP contribution < -0.4 is 10.1 Å². The summed E-state index contributed by atoms with van der Waals surface area (Å²) in [5.41, 5.74) is 0.717. The molecule has 2 rings (SSSR count). The number of ketones is 1. The predicted molar refractivity (Wildman–Crippen MR) is 85.9 cm³/mol. The topological polar surface area (TPSA) is 72.5 Å². The summed E-state index contributed by atoms with van der Waals surface area (Å²) in [6, 6.07) is 12.6. The third kappa shape index (κ3) is 4.93. The van der Waals surface area contributed by atoms with Gasteiger partial charge in [-0.05, 0) is 30.3 Å². The lowest BCUT2D eigenvalue weighted by atomic mass is 10.1. The molecule has 0 atom stereocenters. The molecule has 0 bridgehead atoms. The molecule has 0 radical (unpaired) electrons. The summed E-state index contributed by atoms with van der Waals surface area (Å²) in [5.74, 6) is -0.892. The zero-order chi connectivity index (χ0) is 16.8. The second-order valence-corrected chi connectivity index (χ2v) is 5.17. The average molecular weight is 332 g/mol. The number of hydrogen-bond acceptors (Lipinski definition) is 4. The molecular weight excluding hydrogens is 318 g/mol. The summed E-state index contributed by atoms with van der Waals surface area (Å²) < 4.78 is 4.91. The Morgan fingerprint density at radius 3 is 2.43 bits per heavy atom. The molecule has 2 aromatic rings. The Hall–Kier alpha value is -2.66. The lowest BCUT2D eigenvalue weighted by Crippen LogP contribution is -2.29. The molecule has 0 aliphatic rings. The Morgan fingerprint density at radius 1 is 1.04 bits per heavy atom. The highest BCUT2D eigenvalue weighted by atomic mass is 35.5. The van der Waals surface area contributed by atoms with Crippen molar-refractivity contribution in [3.63, 3.8) is 0 Å². The zero-order valence-corrected chi connectivity index (χ0v) is 13.1. The quantitative estimate of drug-likeness (QED) is 0.519. The summed E-state index contributed by atoms with van der Waals surface area (Å²) in [5, 5.41) is 2.98. The molecule has 0 unspecified atom stereocenters. The standard InChI is InChI=1S/C17H14ClNO4/c1-11(20)23-15-7-3-5-13(9-15)17(22)19-10-16(21)12-4-2-6-14(18)8-12/h2-9H,10H2,1H3,(H,19,22). The number of rotatable bonds is 5. The summed E-state index contributed by atoms with van der Waals surface area (Å²) >= 11 is 5.83. The number of esters is 1. The lowest BCUT2D eigenvalue weighted by Gasteiger charge is -2.07. The Balaban J connectivity index is 1.99. The van der Waals surface area contributed by atoms with Gasteiger partial charge in [-0.1, -0.05) is 29.8 Å². The van der Waals surface area contributed by atoms with Gasteiger partial charge in [-0.2, -0.15) is 0 Å². The van der Waals surface area contributed by atoms with E-state index < -0.39 is 11.9 Å². The van der Waals surface area contributed by atoms with E-state index in [4.69, 9.17) is 16.3 Å². The SMILES string of the molecule is CC(=O)Oc1cccc(C(=O)NCC(=O)c2cccc(Cl)c2)c1. The molecule has 1 N–H and O–H groups in total. The van der Waals surface area contributed by atoms with Crippen molar-refractivity contribution in [3.05, 3.63) is 64.7 Å². The van der Waals surface area contributed by atoms with E-state index in [2.05, 4.69) is 5.32 Å². The van der Waals surface area contributed by atoms with Gasteiger partial charge in [-0.3, -0.25) is 14.4 Å². The van der Waals surface area contributed by atoms with Gasteiger partial charge >= 0.3 is 5.97 Å². The Kier molecular flexibility index (Phi) is 5.49. The smallest absolute Gasteiger partial charge is 0.308 e. The average Bonchev–Trinajstić information content (AvgIpc) is 2.52. The number of carbonyl (C=O) groups is 3. The number of halogens is 1. The molecule has 0 aliphatic carbocycles. The van der Waals surface area contributed by atoms with Crippen molar-refractivity contribution in [2.45, 2.75) is 6.92 Å². The number of nitrogens with one attached hydrogen (secondary N) is 1. The monoisotopic (exact) mass is 331 g/mol. The van der Waals surface area contributed by atoms with Crippen LogP contribution >= 0.6 is 11.6 Å². The molecule has 118 valence electrons. The first-order valence-electron chi connectivity index (χ1n) is 6.81. The number of benzene rings is 2. The first-order chi connectivity index (χ1) is 11.0. The van der Waals surface area contributed by atoms with E-state index in [-0.39, 0.29) is 18.1 Å². The molecule has 0 saturated carbocycles. The van der Waals surface area contributed by atoms with Crippen LogP contribution in [-0.4, -0.2) is 24.2 Å². The summed E-state index contributed by atoms with van der Waals surface area (Å²) in [4.78, 5) is 35.0. The summed E-state index contributed by atoms with van der Waals surface area (Å²) in [6.45, 7) is 1.12. The summed E-state index contributed by atoms with van der Waals surface area (Å²) in [7, 11) is 0. The van der Waals surface area contributed by atoms with E-state index in [1.807, 2.05) is 0 Å². The van der Waals surface area contributed by atoms with E-state index in [1.54, 1.807) is 36.4 Å². The number of carbonyl (C=O) groups excluding carboxylic acids is 3. The Labute approximate surface area is 138 Å². The van der Waals surface area contributed by atoms with Crippen molar-refractivity contribution < 1.29 is 19.1 Å². The third-order valence-electron chi connectivity index (χ3n) is 2.91. The van der Waals surface area contributed by atoms with Gasteiger partial charge in [-0.25, -0.2) is 0 Å². The van der Waals surface area contributed by atoms with Crippen molar-refractivity contribution in [1.29, 1.82) is 0 Å². The van der Waals surface area contributed by atoms with E-state index >= 15 is 0 Å². The van der Waals surface area contributed by atoms with Gasteiger partial charge in [0.05, 0.1) is 6.54 Å². The highest BCUT2D eigenvalue weighted by Crippen LogP contribution is 2.14. The van der Waals surface area contributed by atoms with E-state index in [0.29, 0.717) is 16.1 Å². The van der Waals surface area contributed by atoms with Gasteiger partial charge in [0.25, 0.3) is 5.91 Å². The predicted octanol–water partition coefficient (Wildman–Crippen LogP) is 2.88. The van der Waals surface area contributed by atoms with Crippen LogP contribution in [0.3, 0.4) is 0 Å². The third-order valence-corrected chi connectivity index (χ3v) is 3.15. The molecule has 5 nitrogen and oxygen atoms in total. The van der Waals surface area contributed by atoms with Gasteiger partial charge in [0.1, 0.15) is 5.75 Å². The first-order valence-corrected chi connectivity index (χ1v) is 7.19. The van der Waals surface area contributed by atoms with Crippen LogP contribution in [0.4, 0.5) is 0 Å². The minimum absolute atomic E-state index is 0.156. The molecule has 2 aromatic carbocycles. The fourth-order valence-electron chi connectivity index (χ4n) is 1.89. The molecule has 23 heavy (non-hydrogen) atoms. The molecule has 6 heteroatoms. The minimum Gasteiger partial charge on any atom is -0.427 e. The van der Waals surface area contributed by atoms with Crippen molar-refractivity contribution in [2.24, 2.45) is 0 Å². The second kappa shape index (κ2) is 7.56. The van der Waals surface area contributed by atoms with Crippen LogP contribution in [0, 0.1) is 0 Å². The maximum Gasteiger partial charge on any atom is 0.308 e. The van der Waals surface area contributed by atoms with Crippen molar-refractivity contribution in [3.8, 4) is 5.75 Å². The minimum atomic E-state index is -0.473. The number of amides is 1. The van der Waals surface area contributed by atoms with Crippen LogP contribution in [0.2, 0.25) is 5.02 Å². The van der Waals surface area contributed by atoms with Gasteiger partial charge in [0.15, 0.2) is 5.78 Å². The van der Waals surface area contributed by atoms with Crippen LogP contribution in [0.5, 0.6) is 5.75 Å². The maximum atomic E-state index is 12.1. The molecule has 0 saturated heterocycles. The molecular formula is C17H14ClNO4. The van der Waals surface area contributed by atoms with Crippen LogP contribution in [0.1, 0.15) is 27.6 Å². The van der Waals surface area contributed by atoms with E-state index in [9.17, 15) is 14.4 Å². The van der Waals surface area contributed by atoms with Crippen molar-refractivity contribution in [1.82, 2.24) is 5.32 Å². The summed E-state index contributed by atoms with van der Waals surface area (Å²) in [6.07, 6.45) is 0. The maximum absolute atomic E-state index is 12.1. The van der Waals surface area contributed by atoms with Gasteiger partial charge in [0.2, 0.25) is 0 Å². The van der Waals surface area contributed by atoms with Crippen molar-refractivity contribution in [2.75, 3.05) is 6.54 Å². The zero-order valence-electron chi connectivity index (χ0n) is 12.3. The van der Waals surface area contributed by atoms with Gasteiger partial charge < -0.3 is 10.1 Å². The Bertz CT molecular complexity index is 758. The van der Waals surface area contributed by atoms with Gasteiger partial charge in [0, 0.05) is 23.1 Å². The molecule has 0 heterocycles. The molecule has 0 fully saturated rings. The van der Waals surface area contributed by atoms with Crippen LogP contribution in [0.15, 0.2) is 48.5 Å². The van der Waals surface area contributed by atoms with E-state index in [1.165, 1.54) is 19.1 Å². The first kappa shape index (κ1) is 16.7. The van der Waals surface area contributed by atoms with Gasteiger partial charge in [-0.15, -0.1) is 0 Å². The molecule has 1 amide bonds. The van der Waals surface area contributed by atoms with Crippen LogP contribution in [0.25, 0.3) is 0 Å². The molecule has 0 spiro atoms. The highest BCUT2D eigenvalue weighted by molar-refractivity contribution is 6.31. The molecule has 0 aliphatic heterocycles.